The number of nitrogens with one attached hydrogen (secondary N) is 1. The Balaban J connectivity index is 2.06. The van der Waals surface area contributed by atoms with E-state index in [4.69, 9.17) is 5.73 Å². The van der Waals surface area contributed by atoms with Crippen molar-refractivity contribution in [1.82, 2.24) is 15.2 Å². The molecule has 0 spiro atoms. The summed E-state index contributed by atoms with van der Waals surface area (Å²) >= 11 is 1.24. The summed E-state index contributed by atoms with van der Waals surface area (Å²) in [6.07, 6.45) is 0.339. The van der Waals surface area contributed by atoms with Gasteiger partial charge in [0, 0.05) is 31.4 Å². The van der Waals surface area contributed by atoms with Gasteiger partial charge >= 0.3 is 0 Å². The van der Waals surface area contributed by atoms with Crippen molar-refractivity contribution in [2.45, 2.75) is 6.42 Å². The van der Waals surface area contributed by atoms with Crippen molar-refractivity contribution in [1.29, 1.82) is 0 Å². The van der Waals surface area contributed by atoms with Gasteiger partial charge in [-0.25, -0.2) is 4.98 Å². The standard InChI is InChI=1S/C9H12N4O2S/c10-9-12-6(5-16-9)8(15)13-3-1-7(14)11-2-4-13/h5H,1-4H2,(H2,10,12)(H,11,14). The third-order valence-corrected chi connectivity index (χ3v) is 3.01. The number of thiazole rings is 1. The number of rotatable bonds is 1. The fourth-order valence-corrected chi connectivity index (χ4v) is 2.05. The first-order chi connectivity index (χ1) is 7.66. The number of carbonyl (C=O) groups excluding carboxylic acids is 2. The van der Waals surface area contributed by atoms with E-state index in [-0.39, 0.29) is 11.8 Å². The Hall–Kier alpha value is -1.63. The Labute approximate surface area is 96.4 Å². The molecule has 2 rings (SSSR count). The molecule has 7 heteroatoms. The molecule has 0 bridgehead atoms. The predicted molar refractivity (Wildman–Crippen MR) is 60.1 cm³/mol. The Morgan fingerprint density at radius 1 is 1.56 bits per heavy atom. The quantitative estimate of drug-likeness (QED) is 0.704. The van der Waals surface area contributed by atoms with Crippen LogP contribution in [0.5, 0.6) is 0 Å². The number of hydrogen-bond donors (Lipinski definition) is 2. The van der Waals surface area contributed by atoms with E-state index < -0.39 is 0 Å². The highest BCUT2D eigenvalue weighted by atomic mass is 32.1. The van der Waals surface area contributed by atoms with Gasteiger partial charge in [-0.2, -0.15) is 0 Å². The van der Waals surface area contributed by atoms with Gasteiger partial charge in [0.15, 0.2) is 5.13 Å². The summed E-state index contributed by atoms with van der Waals surface area (Å²) in [6, 6.07) is 0. The van der Waals surface area contributed by atoms with Crippen LogP contribution < -0.4 is 11.1 Å². The van der Waals surface area contributed by atoms with Crippen molar-refractivity contribution < 1.29 is 9.59 Å². The topological polar surface area (TPSA) is 88.3 Å². The molecule has 0 aromatic carbocycles. The largest absolute Gasteiger partial charge is 0.375 e. The molecule has 0 radical (unpaired) electrons. The normalized spacial score (nSPS) is 16.8. The van der Waals surface area contributed by atoms with E-state index in [0.717, 1.165) is 0 Å². The van der Waals surface area contributed by atoms with Crippen LogP contribution in [0.25, 0.3) is 0 Å². The minimum absolute atomic E-state index is 0.0203. The lowest BCUT2D eigenvalue weighted by atomic mass is 10.3. The third-order valence-electron chi connectivity index (χ3n) is 2.34. The molecule has 3 N–H and O–H groups in total. The van der Waals surface area contributed by atoms with Crippen LogP contribution in [0.3, 0.4) is 0 Å². The molecular weight excluding hydrogens is 228 g/mol. The predicted octanol–water partition coefficient (Wildman–Crippen LogP) is -0.313. The van der Waals surface area contributed by atoms with Gasteiger partial charge in [-0.05, 0) is 0 Å². The molecule has 1 aromatic rings. The molecule has 2 heterocycles. The van der Waals surface area contributed by atoms with Gasteiger partial charge in [0.2, 0.25) is 5.91 Å². The highest BCUT2D eigenvalue weighted by molar-refractivity contribution is 7.13. The Bertz CT molecular complexity index is 417. The van der Waals surface area contributed by atoms with Crippen LogP contribution in [0.2, 0.25) is 0 Å². The number of nitrogens with two attached hydrogens (primary N) is 1. The average Bonchev–Trinajstić information content (AvgIpc) is 2.57. The number of amides is 2. The molecule has 1 aromatic heterocycles. The Morgan fingerprint density at radius 3 is 3.06 bits per heavy atom. The number of nitrogens with zero attached hydrogens (tertiary/aromatic N) is 2. The zero-order valence-electron chi connectivity index (χ0n) is 8.60. The molecule has 1 fully saturated rings. The van der Waals surface area contributed by atoms with E-state index >= 15 is 0 Å². The highest BCUT2D eigenvalue weighted by Crippen LogP contribution is 2.13. The molecule has 6 nitrogen and oxygen atoms in total. The molecule has 16 heavy (non-hydrogen) atoms. The van der Waals surface area contributed by atoms with Crippen LogP contribution >= 0.6 is 11.3 Å². The van der Waals surface area contributed by atoms with E-state index in [1.807, 2.05) is 0 Å². The summed E-state index contributed by atoms with van der Waals surface area (Å²) in [5, 5.41) is 4.73. The van der Waals surface area contributed by atoms with Crippen molar-refractivity contribution in [2.24, 2.45) is 0 Å². The maximum Gasteiger partial charge on any atom is 0.273 e. The molecule has 0 saturated carbocycles. The SMILES string of the molecule is Nc1nc(C(=O)N2CCNC(=O)CC2)cs1. The summed E-state index contributed by atoms with van der Waals surface area (Å²) in [6.45, 7) is 1.44. The first-order valence-electron chi connectivity index (χ1n) is 4.94. The zero-order chi connectivity index (χ0) is 11.5. The van der Waals surface area contributed by atoms with Gasteiger partial charge < -0.3 is 16.0 Å². The van der Waals surface area contributed by atoms with Gasteiger partial charge in [-0.1, -0.05) is 0 Å². The monoisotopic (exact) mass is 240 g/mol. The van der Waals surface area contributed by atoms with Crippen LogP contribution in [0.1, 0.15) is 16.9 Å². The summed E-state index contributed by atoms with van der Waals surface area (Å²) in [5.41, 5.74) is 5.83. The highest BCUT2D eigenvalue weighted by Gasteiger charge is 2.21. The summed E-state index contributed by atoms with van der Waals surface area (Å²) in [5.74, 6) is -0.183. The van der Waals surface area contributed by atoms with E-state index in [9.17, 15) is 9.59 Å². The number of nitrogen functional groups attached to an aromatic ring is 1. The van der Waals surface area contributed by atoms with Crippen LogP contribution in [0, 0.1) is 0 Å². The molecule has 86 valence electrons. The fraction of sp³-hybridized carbons (Fsp3) is 0.444. The Morgan fingerprint density at radius 2 is 2.38 bits per heavy atom. The van der Waals surface area contributed by atoms with E-state index in [1.54, 1.807) is 10.3 Å². The maximum absolute atomic E-state index is 11.9. The van der Waals surface area contributed by atoms with Crippen molar-refractivity contribution in [3.63, 3.8) is 0 Å². The molecular formula is C9H12N4O2S. The molecule has 0 atom stereocenters. The summed E-state index contributed by atoms with van der Waals surface area (Å²) in [7, 11) is 0. The second-order valence-corrected chi connectivity index (χ2v) is 4.35. The second kappa shape index (κ2) is 4.48. The van der Waals surface area contributed by atoms with Crippen LogP contribution in [-0.2, 0) is 4.79 Å². The number of hydrogen-bond acceptors (Lipinski definition) is 5. The van der Waals surface area contributed by atoms with E-state index in [2.05, 4.69) is 10.3 Å². The lowest BCUT2D eigenvalue weighted by Gasteiger charge is -2.17. The minimum Gasteiger partial charge on any atom is -0.375 e. The van der Waals surface area contributed by atoms with Crippen LogP contribution in [0.15, 0.2) is 5.38 Å². The maximum atomic E-state index is 11.9. The zero-order valence-corrected chi connectivity index (χ0v) is 9.42. The van der Waals surface area contributed by atoms with Crippen molar-refractivity contribution >= 4 is 28.3 Å². The Kier molecular flexibility index (Phi) is 3.04. The van der Waals surface area contributed by atoms with Gasteiger partial charge in [0.05, 0.1) is 0 Å². The third kappa shape index (κ3) is 2.30. The second-order valence-electron chi connectivity index (χ2n) is 3.46. The first kappa shape index (κ1) is 10.9. The lowest BCUT2D eigenvalue weighted by molar-refractivity contribution is -0.120. The van der Waals surface area contributed by atoms with E-state index in [1.165, 1.54) is 11.3 Å². The number of carbonyl (C=O) groups is 2. The fourth-order valence-electron chi connectivity index (χ4n) is 1.52. The van der Waals surface area contributed by atoms with Crippen molar-refractivity contribution in [3.05, 3.63) is 11.1 Å². The number of anilines is 1. The molecule has 1 saturated heterocycles. The first-order valence-corrected chi connectivity index (χ1v) is 5.82. The summed E-state index contributed by atoms with van der Waals surface area (Å²) in [4.78, 5) is 28.6. The molecule has 0 unspecified atom stereocenters. The van der Waals surface area contributed by atoms with Crippen molar-refractivity contribution in [2.75, 3.05) is 25.4 Å². The van der Waals surface area contributed by atoms with E-state index in [0.29, 0.717) is 36.9 Å². The minimum atomic E-state index is -0.163. The van der Waals surface area contributed by atoms with Crippen LogP contribution in [0.4, 0.5) is 5.13 Å². The van der Waals surface area contributed by atoms with Gasteiger partial charge in [-0.15, -0.1) is 11.3 Å². The van der Waals surface area contributed by atoms with Gasteiger partial charge in [0.25, 0.3) is 5.91 Å². The van der Waals surface area contributed by atoms with Gasteiger partial charge in [-0.3, -0.25) is 9.59 Å². The van der Waals surface area contributed by atoms with Crippen molar-refractivity contribution in [3.8, 4) is 0 Å². The average molecular weight is 240 g/mol. The van der Waals surface area contributed by atoms with Gasteiger partial charge in [0.1, 0.15) is 5.69 Å². The number of aromatic nitrogens is 1. The smallest absolute Gasteiger partial charge is 0.273 e. The molecule has 1 aliphatic rings. The summed E-state index contributed by atoms with van der Waals surface area (Å²) < 4.78 is 0. The van der Waals surface area contributed by atoms with Crippen LogP contribution in [-0.4, -0.2) is 41.3 Å². The lowest BCUT2D eigenvalue weighted by Crippen LogP contribution is -2.34. The molecule has 1 aliphatic heterocycles. The molecule has 2 amide bonds. The molecule has 0 aliphatic carbocycles.